The molecule has 0 radical (unpaired) electrons. The molecule has 0 spiro atoms. The highest BCUT2D eigenvalue weighted by atomic mass is 16.5. The highest BCUT2D eigenvalue weighted by Crippen LogP contribution is 2.39. The first-order valence-corrected chi connectivity index (χ1v) is 8.01. The Kier molecular flexibility index (Phi) is 5.39. The third-order valence-corrected chi connectivity index (χ3v) is 4.70. The molecule has 0 saturated heterocycles. The number of esters is 1. The third kappa shape index (κ3) is 3.12. The zero-order chi connectivity index (χ0) is 15.3. The number of carbonyl (C=O) groups excluding carboxylic acids is 1. The normalized spacial score (nSPS) is 25.2. The van der Waals surface area contributed by atoms with Crippen LogP contribution in [0.1, 0.15) is 45.4 Å². The lowest BCUT2D eigenvalue weighted by atomic mass is 9.84. The van der Waals surface area contributed by atoms with Crippen molar-refractivity contribution in [1.82, 2.24) is 14.9 Å². The molecule has 0 aromatic carbocycles. The van der Waals surface area contributed by atoms with E-state index in [1.165, 1.54) is 7.11 Å². The number of imidazole rings is 1. The Bertz CT molecular complexity index is 472. The van der Waals surface area contributed by atoms with Crippen LogP contribution in [-0.4, -0.2) is 34.7 Å². The van der Waals surface area contributed by atoms with Gasteiger partial charge in [0.05, 0.1) is 7.11 Å². The van der Waals surface area contributed by atoms with E-state index in [2.05, 4.69) is 21.8 Å². The summed E-state index contributed by atoms with van der Waals surface area (Å²) in [5.41, 5.74) is -0.490. The van der Waals surface area contributed by atoms with Crippen LogP contribution in [0, 0.1) is 5.92 Å². The van der Waals surface area contributed by atoms with E-state index < -0.39 is 5.54 Å². The summed E-state index contributed by atoms with van der Waals surface area (Å²) in [5.74, 6) is 1.34. The number of aromatic nitrogens is 2. The Hall–Kier alpha value is -1.36. The van der Waals surface area contributed by atoms with E-state index in [0.29, 0.717) is 5.92 Å². The van der Waals surface area contributed by atoms with Gasteiger partial charge in [-0.25, -0.2) is 4.98 Å². The standard InChI is InChI=1S/C16H27N3O2/c1-4-14-17-10-12-19(14)11-8-13-7-6-9-16(13,18-5-2)15(20)21-3/h10,12-13,18H,4-9,11H2,1-3H3. The third-order valence-electron chi connectivity index (χ3n) is 4.70. The lowest BCUT2D eigenvalue weighted by Gasteiger charge is -2.33. The number of rotatable bonds is 7. The van der Waals surface area contributed by atoms with E-state index in [1.807, 2.05) is 19.3 Å². The molecule has 1 fully saturated rings. The largest absolute Gasteiger partial charge is 0.468 e. The number of hydrogen-bond acceptors (Lipinski definition) is 4. The first-order valence-electron chi connectivity index (χ1n) is 8.01. The van der Waals surface area contributed by atoms with Crippen LogP contribution in [-0.2, 0) is 22.5 Å². The molecule has 1 aliphatic carbocycles. The SMILES string of the molecule is CCNC1(C(=O)OC)CCCC1CCn1ccnc1CC. The average Bonchev–Trinajstić information content (AvgIpc) is 3.11. The molecule has 5 heteroatoms. The van der Waals surface area contributed by atoms with Crippen molar-refractivity contribution in [2.45, 2.75) is 58.0 Å². The molecule has 0 amide bonds. The van der Waals surface area contributed by atoms with Gasteiger partial charge >= 0.3 is 5.97 Å². The Balaban J connectivity index is 2.08. The Morgan fingerprint density at radius 3 is 3.05 bits per heavy atom. The Labute approximate surface area is 127 Å². The van der Waals surface area contributed by atoms with Crippen molar-refractivity contribution in [1.29, 1.82) is 0 Å². The number of likely N-dealkylation sites (N-methyl/N-ethyl adjacent to an activating group) is 1. The molecule has 21 heavy (non-hydrogen) atoms. The molecule has 1 aromatic rings. The van der Waals surface area contributed by atoms with Crippen LogP contribution in [0.3, 0.4) is 0 Å². The number of ether oxygens (including phenoxy) is 1. The number of carbonyl (C=O) groups is 1. The zero-order valence-corrected chi connectivity index (χ0v) is 13.4. The van der Waals surface area contributed by atoms with Crippen molar-refractivity contribution in [3.63, 3.8) is 0 Å². The summed E-state index contributed by atoms with van der Waals surface area (Å²) in [6, 6.07) is 0. The Morgan fingerprint density at radius 1 is 1.57 bits per heavy atom. The number of nitrogens with one attached hydrogen (secondary N) is 1. The fraction of sp³-hybridized carbons (Fsp3) is 0.750. The van der Waals surface area contributed by atoms with Crippen LogP contribution in [0.4, 0.5) is 0 Å². The summed E-state index contributed by atoms with van der Waals surface area (Å²) in [7, 11) is 1.49. The molecule has 1 saturated carbocycles. The van der Waals surface area contributed by atoms with E-state index in [-0.39, 0.29) is 5.97 Å². The van der Waals surface area contributed by atoms with E-state index in [1.54, 1.807) is 0 Å². The van der Waals surface area contributed by atoms with E-state index in [0.717, 1.165) is 51.0 Å². The number of aryl methyl sites for hydroxylation is 2. The summed E-state index contributed by atoms with van der Waals surface area (Å²) >= 11 is 0. The molecule has 2 unspecified atom stereocenters. The minimum absolute atomic E-state index is 0.104. The predicted molar refractivity (Wildman–Crippen MR) is 82.0 cm³/mol. The number of nitrogens with zero attached hydrogens (tertiary/aromatic N) is 2. The van der Waals surface area contributed by atoms with Gasteiger partial charge in [0.1, 0.15) is 11.4 Å². The molecule has 118 valence electrons. The van der Waals surface area contributed by atoms with Crippen molar-refractivity contribution < 1.29 is 9.53 Å². The van der Waals surface area contributed by atoms with E-state index >= 15 is 0 Å². The van der Waals surface area contributed by atoms with Gasteiger partial charge in [0.2, 0.25) is 0 Å². The molecular weight excluding hydrogens is 266 g/mol. The van der Waals surface area contributed by atoms with Crippen LogP contribution in [0.5, 0.6) is 0 Å². The summed E-state index contributed by atoms with van der Waals surface area (Å²) in [5, 5.41) is 3.42. The van der Waals surface area contributed by atoms with Gasteiger partial charge in [0.25, 0.3) is 0 Å². The lowest BCUT2D eigenvalue weighted by molar-refractivity contribution is -0.150. The first-order chi connectivity index (χ1) is 10.2. The van der Waals surface area contributed by atoms with E-state index in [9.17, 15) is 4.79 Å². The molecule has 1 N–H and O–H groups in total. The molecule has 2 atom stereocenters. The molecule has 5 nitrogen and oxygen atoms in total. The van der Waals surface area contributed by atoms with Crippen molar-refractivity contribution in [3.8, 4) is 0 Å². The highest BCUT2D eigenvalue weighted by molar-refractivity contribution is 5.81. The summed E-state index contributed by atoms with van der Waals surface area (Å²) in [4.78, 5) is 16.7. The van der Waals surface area contributed by atoms with Crippen LogP contribution in [0.2, 0.25) is 0 Å². The van der Waals surface area contributed by atoms with Crippen LogP contribution < -0.4 is 5.32 Å². The van der Waals surface area contributed by atoms with Crippen LogP contribution >= 0.6 is 0 Å². The van der Waals surface area contributed by atoms with Gasteiger partial charge in [0.15, 0.2) is 0 Å². The minimum atomic E-state index is -0.490. The van der Waals surface area contributed by atoms with Crippen molar-refractivity contribution in [3.05, 3.63) is 18.2 Å². The molecule has 0 bridgehead atoms. The Morgan fingerprint density at radius 2 is 2.38 bits per heavy atom. The van der Waals surface area contributed by atoms with Crippen molar-refractivity contribution in [2.24, 2.45) is 5.92 Å². The zero-order valence-electron chi connectivity index (χ0n) is 13.4. The van der Waals surface area contributed by atoms with Gasteiger partial charge in [0, 0.05) is 25.4 Å². The van der Waals surface area contributed by atoms with Gasteiger partial charge in [-0.3, -0.25) is 4.79 Å². The molecule has 1 aliphatic rings. The maximum Gasteiger partial charge on any atom is 0.326 e. The highest BCUT2D eigenvalue weighted by Gasteiger charge is 2.48. The monoisotopic (exact) mass is 293 g/mol. The fourth-order valence-electron chi connectivity index (χ4n) is 3.69. The first kappa shape index (κ1) is 16.0. The van der Waals surface area contributed by atoms with Crippen molar-refractivity contribution in [2.75, 3.05) is 13.7 Å². The van der Waals surface area contributed by atoms with Gasteiger partial charge in [-0.15, -0.1) is 0 Å². The quantitative estimate of drug-likeness (QED) is 0.783. The molecule has 2 rings (SSSR count). The minimum Gasteiger partial charge on any atom is -0.468 e. The van der Waals surface area contributed by atoms with Gasteiger partial charge in [-0.2, -0.15) is 0 Å². The smallest absolute Gasteiger partial charge is 0.326 e. The van der Waals surface area contributed by atoms with Gasteiger partial charge in [-0.1, -0.05) is 20.3 Å². The lowest BCUT2D eigenvalue weighted by Crippen LogP contribution is -2.55. The molecule has 1 heterocycles. The topological polar surface area (TPSA) is 56.1 Å². The maximum atomic E-state index is 12.3. The van der Waals surface area contributed by atoms with E-state index in [4.69, 9.17) is 4.74 Å². The van der Waals surface area contributed by atoms with Gasteiger partial charge in [-0.05, 0) is 31.7 Å². The average molecular weight is 293 g/mol. The predicted octanol–water partition coefficient (Wildman–Crippen LogP) is 2.16. The van der Waals surface area contributed by atoms with Crippen LogP contribution in [0.15, 0.2) is 12.4 Å². The fourth-order valence-corrected chi connectivity index (χ4v) is 3.69. The second kappa shape index (κ2) is 7.07. The number of methoxy groups -OCH3 is 1. The number of hydrogen-bond donors (Lipinski definition) is 1. The maximum absolute atomic E-state index is 12.3. The molecule has 1 aromatic heterocycles. The molecular formula is C16H27N3O2. The second-order valence-electron chi connectivity index (χ2n) is 5.76. The van der Waals surface area contributed by atoms with Gasteiger partial charge < -0.3 is 14.6 Å². The van der Waals surface area contributed by atoms with Crippen LogP contribution in [0.25, 0.3) is 0 Å². The summed E-state index contributed by atoms with van der Waals surface area (Å²) in [6.07, 6.45) is 8.84. The summed E-state index contributed by atoms with van der Waals surface area (Å²) in [6.45, 7) is 5.87. The second-order valence-corrected chi connectivity index (χ2v) is 5.76. The molecule has 0 aliphatic heterocycles. The van der Waals surface area contributed by atoms with Crippen molar-refractivity contribution >= 4 is 5.97 Å². The summed E-state index contributed by atoms with van der Waals surface area (Å²) < 4.78 is 7.28.